The second kappa shape index (κ2) is 5.00. The van der Waals surface area contributed by atoms with Crippen molar-refractivity contribution in [2.45, 2.75) is 52.1 Å². The molecule has 4 heteroatoms. The number of fused-ring (bicyclic) bond motifs is 1. The maximum absolute atomic E-state index is 13.1. The normalized spacial score (nSPS) is 19.4. The first-order valence-electron chi connectivity index (χ1n) is 6.32. The average Bonchev–Trinajstić information content (AvgIpc) is 2.53. The van der Waals surface area contributed by atoms with E-state index in [1.54, 1.807) is 6.07 Å². The van der Waals surface area contributed by atoms with E-state index in [1.807, 2.05) is 20.8 Å². The molecule has 0 radical (unpaired) electrons. The lowest BCUT2D eigenvalue weighted by Crippen LogP contribution is -2.26. The Kier molecular flexibility index (Phi) is 3.76. The first-order valence-corrected chi connectivity index (χ1v) is 7.14. The Balaban J connectivity index is 1.91. The molecule has 0 amide bonds. The minimum Gasteiger partial charge on any atom is -0.460 e. The van der Waals surface area contributed by atoms with Gasteiger partial charge >= 0.3 is 5.97 Å². The van der Waals surface area contributed by atoms with Gasteiger partial charge in [-0.1, -0.05) is 0 Å². The number of ether oxygens (including phenoxy) is 1. The van der Waals surface area contributed by atoms with E-state index in [0.717, 1.165) is 29.7 Å². The van der Waals surface area contributed by atoms with Crippen LogP contribution in [-0.4, -0.2) is 11.6 Å². The molecular formula is C14H19FO2S. The molecule has 1 aromatic heterocycles. The third-order valence-electron chi connectivity index (χ3n) is 3.03. The zero-order chi connectivity index (χ0) is 13.3. The van der Waals surface area contributed by atoms with Gasteiger partial charge in [-0.3, -0.25) is 4.79 Å². The fourth-order valence-electron chi connectivity index (χ4n) is 2.36. The highest BCUT2D eigenvalue weighted by atomic mass is 32.1. The standard InChI is InChI=1S/C14H19FO2S/c1-14(2,3)17-13(16)7-9-4-5-11-10(6-9)8-12(15)18-11/h8-9H,4-7H2,1-3H3. The average molecular weight is 270 g/mol. The molecular weight excluding hydrogens is 251 g/mol. The van der Waals surface area contributed by atoms with Crippen molar-refractivity contribution in [1.29, 1.82) is 0 Å². The quantitative estimate of drug-likeness (QED) is 0.766. The molecule has 0 N–H and O–H groups in total. The SMILES string of the molecule is CC(C)(C)OC(=O)CC1CCc2sc(F)cc2C1. The van der Waals surface area contributed by atoms with Crippen LogP contribution in [0.15, 0.2) is 6.07 Å². The number of aryl methyl sites for hydroxylation is 1. The molecule has 1 aromatic rings. The summed E-state index contributed by atoms with van der Waals surface area (Å²) in [6, 6.07) is 1.61. The van der Waals surface area contributed by atoms with E-state index in [2.05, 4.69) is 0 Å². The molecule has 1 atom stereocenters. The molecule has 0 saturated heterocycles. The van der Waals surface area contributed by atoms with Crippen LogP contribution in [0.2, 0.25) is 0 Å². The van der Waals surface area contributed by atoms with E-state index < -0.39 is 5.60 Å². The zero-order valence-electron chi connectivity index (χ0n) is 11.1. The molecule has 1 heterocycles. The Labute approximate surface area is 111 Å². The molecule has 2 rings (SSSR count). The van der Waals surface area contributed by atoms with Crippen molar-refractivity contribution in [1.82, 2.24) is 0 Å². The van der Waals surface area contributed by atoms with Crippen molar-refractivity contribution in [2.24, 2.45) is 5.92 Å². The number of hydrogen-bond donors (Lipinski definition) is 0. The molecule has 1 unspecified atom stereocenters. The number of carbonyl (C=O) groups excluding carboxylic acids is 1. The summed E-state index contributed by atoms with van der Waals surface area (Å²) in [5, 5.41) is -0.113. The molecule has 18 heavy (non-hydrogen) atoms. The molecule has 0 fully saturated rings. The predicted octanol–water partition coefficient (Wildman–Crippen LogP) is 3.72. The van der Waals surface area contributed by atoms with Gasteiger partial charge in [0, 0.05) is 11.3 Å². The van der Waals surface area contributed by atoms with Gasteiger partial charge in [0.25, 0.3) is 0 Å². The highest BCUT2D eigenvalue weighted by Crippen LogP contribution is 2.33. The number of esters is 1. The lowest BCUT2D eigenvalue weighted by Gasteiger charge is -2.24. The summed E-state index contributed by atoms with van der Waals surface area (Å²) in [6.45, 7) is 5.62. The molecule has 1 aliphatic carbocycles. The zero-order valence-corrected chi connectivity index (χ0v) is 11.9. The minimum absolute atomic E-state index is 0.113. The molecule has 0 saturated carbocycles. The smallest absolute Gasteiger partial charge is 0.306 e. The third-order valence-corrected chi connectivity index (χ3v) is 4.06. The van der Waals surface area contributed by atoms with Crippen molar-refractivity contribution in [3.05, 3.63) is 21.6 Å². The summed E-state index contributed by atoms with van der Waals surface area (Å²) >= 11 is 1.24. The van der Waals surface area contributed by atoms with Crippen molar-refractivity contribution in [3.8, 4) is 0 Å². The van der Waals surface area contributed by atoms with Crippen molar-refractivity contribution >= 4 is 17.3 Å². The summed E-state index contributed by atoms with van der Waals surface area (Å²) in [6.07, 6.45) is 3.08. The van der Waals surface area contributed by atoms with E-state index in [0.29, 0.717) is 12.3 Å². The van der Waals surface area contributed by atoms with Crippen LogP contribution >= 0.6 is 11.3 Å². The van der Waals surface area contributed by atoms with Crippen LogP contribution < -0.4 is 0 Å². The topological polar surface area (TPSA) is 26.3 Å². The number of rotatable bonds is 2. The minimum atomic E-state index is -0.425. The first-order chi connectivity index (χ1) is 8.33. The van der Waals surface area contributed by atoms with E-state index in [4.69, 9.17) is 4.74 Å². The lowest BCUT2D eigenvalue weighted by atomic mass is 9.86. The third kappa shape index (κ3) is 3.55. The maximum atomic E-state index is 13.1. The van der Waals surface area contributed by atoms with Gasteiger partial charge in [0.1, 0.15) is 5.60 Å². The Morgan fingerprint density at radius 3 is 2.94 bits per heavy atom. The van der Waals surface area contributed by atoms with Gasteiger partial charge in [0.2, 0.25) is 0 Å². The van der Waals surface area contributed by atoms with Crippen LogP contribution in [-0.2, 0) is 22.4 Å². The highest BCUT2D eigenvalue weighted by molar-refractivity contribution is 7.10. The van der Waals surface area contributed by atoms with Gasteiger partial charge in [-0.05, 0) is 57.6 Å². The van der Waals surface area contributed by atoms with Crippen LogP contribution in [0.3, 0.4) is 0 Å². The predicted molar refractivity (Wildman–Crippen MR) is 70.3 cm³/mol. The van der Waals surface area contributed by atoms with Gasteiger partial charge in [-0.25, -0.2) is 0 Å². The maximum Gasteiger partial charge on any atom is 0.306 e. The van der Waals surface area contributed by atoms with E-state index in [9.17, 15) is 9.18 Å². The van der Waals surface area contributed by atoms with Crippen molar-refractivity contribution in [3.63, 3.8) is 0 Å². The summed E-state index contributed by atoms with van der Waals surface area (Å²) in [7, 11) is 0. The second-order valence-corrected chi connectivity index (χ2v) is 6.99. The number of carbonyl (C=O) groups is 1. The fraction of sp³-hybridized carbons (Fsp3) is 0.643. The van der Waals surface area contributed by atoms with Gasteiger partial charge < -0.3 is 4.74 Å². The monoisotopic (exact) mass is 270 g/mol. The molecule has 0 bridgehead atoms. The summed E-state index contributed by atoms with van der Waals surface area (Å²) < 4.78 is 18.5. The molecule has 1 aliphatic rings. The summed E-state index contributed by atoms with van der Waals surface area (Å²) in [5.74, 6) is 0.146. The largest absolute Gasteiger partial charge is 0.460 e. The summed E-state index contributed by atoms with van der Waals surface area (Å²) in [5.41, 5.74) is 0.656. The van der Waals surface area contributed by atoms with E-state index in [-0.39, 0.29) is 11.1 Å². The summed E-state index contributed by atoms with van der Waals surface area (Å²) in [4.78, 5) is 12.9. The Morgan fingerprint density at radius 1 is 1.56 bits per heavy atom. The van der Waals surface area contributed by atoms with Gasteiger partial charge in [-0.2, -0.15) is 4.39 Å². The lowest BCUT2D eigenvalue weighted by molar-refractivity contribution is -0.156. The fourth-order valence-corrected chi connectivity index (χ4v) is 3.29. The van der Waals surface area contributed by atoms with Crippen LogP contribution in [0.4, 0.5) is 4.39 Å². The Morgan fingerprint density at radius 2 is 2.28 bits per heavy atom. The Hall–Kier alpha value is -0.900. The van der Waals surface area contributed by atoms with Gasteiger partial charge in [0.05, 0.1) is 0 Å². The second-order valence-electron chi connectivity index (χ2n) is 5.90. The molecule has 0 aliphatic heterocycles. The van der Waals surface area contributed by atoms with E-state index >= 15 is 0 Å². The van der Waals surface area contributed by atoms with Crippen LogP contribution in [0.25, 0.3) is 0 Å². The number of thiophene rings is 1. The van der Waals surface area contributed by atoms with Crippen LogP contribution in [0.1, 0.15) is 44.1 Å². The van der Waals surface area contributed by atoms with Gasteiger partial charge in [-0.15, -0.1) is 11.3 Å². The van der Waals surface area contributed by atoms with E-state index in [1.165, 1.54) is 11.3 Å². The van der Waals surface area contributed by atoms with Gasteiger partial charge in [0.15, 0.2) is 5.13 Å². The van der Waals surface area contributed by atoms with Crippen LogP contribution in [0.5, 0.6) is 0 Å². The highest BCUT2D eigenvalue weighted by Gasteiger charge is 2.25. The van der Waals surface area contributed by atoms with Crippen molar-refractivity contribution < 1.29 is 13.9 Å². The molecule has 0 spiro atoms. The molecule has 2 nitrogen and oxygen atoms in total. The Bertz CT molecular complexity index is 445. The first kappa shape index (κ1) is 13.5. The van der Waals surface area contributed by atoms with Crippen LogP contribution in [0, 0.1) is 11.0 Å². The number of hydrogen-bond acceptors (Lipinski definition) is 3. The molecule has 100 valence electrons. The molecule has 0 aromatic carbocycles. The van der Waals surface area contributed by atoms with Crippen molar-refractivity contribution in [2.75, 3.05) is 0 Å². The number of halogens is 1.